The maximum atomic E-state index is 14.4. The van der Waals surface area contributed by atoms with E-state index in [0.29, 0.717) is 43.9 Å². The minimum absolute atomic E-state index is 0.104. The molecule has 1 saturated carbocycles. The number of nitrogens with one attached hydrogen (secondary N) is 1. The summed E-state index contributed by atoms with van der Waals surface area (Å²) in [6.45, 7) is 6.13. The fourth-order valence-electron chi connectivity index (χ4n) is 4.94. The summed E-state index contributed by atoms with van der Waals surface area (Å²) in [6.07, 6.45) is 3.71. The van der Waals surface area contributed by atoms with E-state index in [2.05, 4.69) is 10.2 Å². The second-order valence-corrected chi connectivity index (χ2v) is 8.75. The number of nitrogens with zero attached hydrogens (tertiary/aromatic N) is 3. The van der Waals surface area contributed by atoms with Crippen molar-refractivity contribution < 1.29 is 18.8 Å². The number of halogens is 1. The van der Waals surface area contributed by atoms with Crippen molar-refractivity contribution in [1.82, 2.24) is 15.1 Å². The zero-order valence-electron chi connectivity index (χ0n) is 17.6. The number of rotatable bonds is 4. The third-order valence-corrected chi connectivity index (χ3v) is 6.91. The van der Waals surface area contributed by atoms with Gasteiger partial charge < -0.3 is 10.2 Å². The van der Waals surface area contributed by atoms with Gasteiger partial charge in [-0.25, -0.2) is 14.1 Å². The van der Waals surface area contributed by atoms with Crippen LogP contribution >= 0.6 is 0 Å². The molecule has 1 aromatic rings. The molecular weight excluding hydrogens is 387 g/mol. The van der Waals surface area contributed by atoms with Crippen LogP contribution in [0.15, 0.2) is 18.2 Å². The molecule has 1 spiro atoms. The first kappa shape index (κ1) is 20.8. The molecule has 8 heteroatoms. The summed E-state index contributed by atoms with van der Waals surface area (Å²) in [5, 5.41) is 2.99. The Kier molecular flexibility index (Phi) is 5.53. The molecule has 4 rings (SSSR count). The largest absolute Gasteiger partial charge is 0.367 e. The van der Waals surface area contributed by atoms with Crippen LogP contribution in [0.25, 0.3) is 0 Å². The van der Waals surface area contributed by atoms with Crippen LogP contribution < -0.4 is 10.2 Å². The highest BCUT2D eigenvalue weighted by Crippen LogP contribution is 2.38. The Balaban J connectivity index is 1.38. The van der Waals surface area contributed by atoms with Gasteiger partial charge in [-0.05, 0) is 43.9 Å². The minimum Gasteiger partial charge on any atom is -0.367 e. The molecule has 1 aliphatic carbocycles. The lowest BCUT2D eigenvalue weighted by molar-refractivity contribution is -0.135. The second kappa shape index (κ2) is 7.98. The lowest BCUT2D eigenvalue weighted by Crippen LogP contribution is -2.55. The van der Waals surface area contributed by atoms with Crippen LogP contribution in [0.4, 0.5) is 14.9 Å². The molecule has 3 fully saturated rings. The molecule has 0 unspecified atom stereocenters. The van der Waals surface area contributed by atoms with E-state index in [4.69, 9.17) is 0 Å². The number of hydrogen-bond acceptors (Lipinski definition) is 5. The standard InChI is InChI=1S/C22H29FN4O3/c1-15-5-3-4-8-22(15)20(29)27(21(30)24-22)14-25-9-11-26(12-10-25)19-7-6-17(16(2)28)13-18(19)23/h6-7,13,15H,3-5,8-12,14H2,1-2H3,(H,24,30)/t15-,22-/m1/s1. The van der Waals surface area contributed by atoms with Gasteiger partial charge in [0.1, 0.15) is 11.4 Å². The molecular formula is C22H29FN4O3. The summed E-state index contributed by atoms with van der Waals surface area (Å²) in [6, 6.07) is 4.27. The van der Waals surface area contributed by atoms with Crippen molar-refractivity contribution in [1.29, 1.82) is 0 Å². The summed E-state index contributed by atoms with van der Waals surface area (Å²) < 4.78 is 14.4. The molecule has 0 bridgehead atoms. The summed E-state index contributed by atoms with van der Waals surface area (Å²) in [5.41, 5.74) is 0.0996. The Morgan fingerprint density at radius 1 is 1.20 bits per heavy atom. The van der Waals surface area contributed by atoms with Crippen molar-refractivity contribution in [2.24, 2.45) is 5.92 Å². The average molecular weight is 416 g/mol. The number of imide groups is 1. The van der Waals surface area contributed by atoms with Gasteiger partial charge in [-0.3, -0.25) is 14.5 Å². The number of ketones is 1. The quantitative estimate of drug-likeness (QED) is 0.603. The van der Waals surface area contributed by atoms with Gasteiger partial charge in [0.05, 0.1) is 12.4 Å². The van der Waals surface area contributed by atoms with E-state index in [-0.39, 0.29) is 30.3 Å². The van der Waals surface area contributed by atoms with E-state index >= 15 is 0 Å². The molecule has 30 heavy (non-hydrogen) atoms. The molecule has 2 aliphatic heterocycles. The van der Waals surface area contributed by atoms with Crippen molar-refractivity contribution in [3.8, 4) is 0 Å². The topological polar surface area (TPSA) is 73.0 Å². The van der Waals surface area contributed by atoms with Crippen LogP contribution in [-0.4, -0.2) is 65.9 Å². The lowest BCUT2D eigenvalue weighted by atomic mass is 9.73. The summed E-state index contributed by atoms with van der Waals surface area (Å²) >= 11 is 0. The van der Waals surface area contributed by atoms with Gasteiger partial charge in [0, 0.05) is 31.7 Å². The highest BCUT2D eigenvalue weighted by atomic mass is 19.1. The average Bonchev–Trinajstić information content (AvgIpc) is 2.96. The Morgan fingerprint density at radius 3 is 2.57 bits per heavy atom. The van der Waals surface area contributed by atoms with E-state index in [1.54, 1.807) is 12.1 Å². The first-order valence-electron chi connectivity index (χ1n) is 10.7. The van der Waals surface area contributed by atoms with Gasteiger partial charge in [-0.15, -0.1) is 0 Å². The fraction of sp³-hybridized carbons (Fsp3) is 0.591. The molecule has 2 saturated heterocycles. The first-order chi connectivity index (χ1) is 14.3. The Morgan fingerprint density at radius 2 is 1.93 bits per heavy atom. The SMILES string of the molecule is CC(=O)c1ccc(N2CCN(CN3C(=O)N[C@@]4(CCCC[C@H]4C)C3=O)CC2)c(F)c1. The molecule has 162 valence electrons. The summed E-state index contributed by atoms with van der Waals surface area (Å²) in [5.74, 6) is -0.527. The zero-order valence-corrected chi connectivity index (χ0v) is 17.6. The maximum absolute atomic E-state index is 14.4. The van der Waals surface area contributed by atoms with Crippen LogP contribution in [-0.2, 0) is 4.79 Å². The van der Waals surface area contributed by atoms with E-state index in [1.807, 2.05) is 11.8 Å². The Hall–Kier alpha value is -2.48. The van der Waals surface area contributed by atoms with Gasteiger partial charge in [-0.2, -0.15) is 0 Å². The van der Waals surface area contributed by atoms with E-state index in [9.17, 15) is 18.8 Å². The first-order valence-corrected chi connectivity index (χ1v) is 10.7. The molecule has 0 radical (unpaired) electrons. The normalized spacial score (nSPS) is 27.6. The van der Waals surface area contributed by atoms with E-state index < -0.39 is 11.4 Å². The van der Waals surface area contributed by atoms with Crippen LogP contribution in [0.5, 0.6) is 0 Å². The third kappa shape index (κ3) is 3.57. The number of hydrogen-bond donors (Lipinski definition) is 1. The number of piperazine rings is 1. The van der Waals surface area contributed by atoms with Crippen LogP contribution in [0.1, 0.15) is 49.9 Å². The van der Waals surface area contributed by atoms with Gasteiger partial charge >= 0.3 is 6.03 Å². The van der Waals surface area contributed by atoms with Crippen molar-refractivity contribution in [3.05, 3.63) is 29.6 Å². The smallest absolute Gasteiger partial charge is 0.326 e. The fourth-order valence-corrected chi connectivity index (χ4v) is 4.94. The molecule has 2 heterocycles. The molecule has 3 amide bonds. The molecule has 7 nitrogen and oxygen atoms in total. The predicted octanol–water partition coefficient (Wildman–Crippen LogP) is 2.61. The Labute approximate surface area is 176 Å². The molecule has 1 aromatic carbocycles. The number of benzene rings is 1. The van der Waals surface area contributed by atoms with E-state index in [0.717, 1.165) is 19.3 Å². The van der Waals surface area contributed by atoms with Gasteiger partial charge in [0.2, 0.25) is 0 Å². The van der Waals surface area contributed by atoms with Crippen LogP contribution in [0.3, 0.4) is 0 Å². The second-order valence-electron chi connectivity index (χ2n) is 8.75. The van der Waals surface area contributed by atoms with Crippen LogP contribution in [0.2, 0.25) is 0 Å². The monoisotopic (exact) mass is 416 g/mol. The molecule has 2 atom stereocenters. The van der Waals surface area contributed by atoms with Crippen molar-refractivity contribution in [2.45, 2.75) is 45.1 Å². The lowest BCUT2D eigenvalue weighted by Gasteiger charge is -2.38. The molecule has 1 N–H and O–H groups in total. The number of anilines is 1. The van der Waals surface area contributed by atoms with Crippen molar-refractivity contribution in [2.75, 3.05) is 37.7 Å². The summed E-state index contributed by atoms with van der Waals surface area (Å²) in [4.78, 5) is 42.5. The van der Waals surface area contributed by atoms with Gasteiger partial charge in [-0.1, -0.05) is 19.8 Å². The number of amides is 3. The maximum Gasteiger partial charge on any atom is 0.326 e. The van der Waals surface area contributed by atoms with Gasteiger partial charge in [0.15, 0.2) is 5.78 Å². The Bertz CT molecular complexity index is 868. The highest BCUT2D eigenvalue weighted by molar-refractivity contribution is 6.07. The number of urea groups is 1. The molecule has 0 aromatic heterocycles. The summed E-state index contributed by atoms with van der Waals surface area (Å²) in [7, 11) is 0. The predicted molar refractivity (Wildman–Crippen MR) is 111 cm³/mol. The number of carbonyl (C=O) groups excluding carboxylic acids is 3. The highest BCUT2D eigenvalue weighted by Gasteiger charge is 2.55. The zero-order chi connectivity index (χ0) is 21.5. The number of Topliss-reactive ketones (excluding diaryl/α,β-unsaturated/α-hetero) is 1. The van der Waals surface area contributed by atoms with Crippen molar-refractivity contribution in [3.63, 3.8) is 0 Å². The van der Waals surface area contributed by atoms with E-state index in [1.165, 1.54) is 17.9 Å². The van der Waals surface area contributed by atoms with Gasteiger partial charge in [0.25, 0.3) is 5.91 Å². The van der Waals surface area contributed by atoms with Crippen molar-refractivity contribution >= 4 is 23.4 Å². The minimum atomic E-state index is -0.737. The van der Waals surface area contributed by atoms with Crippen LogP contribution in [0, 0.1) is 11.7 Å². The number of carbonyl (C=O) groups is 3. The molecule has 3 aliphatic rings. The third-order valence-electron chi connectivity index (χ3n) is 6.91.